The zero-order valence-corrected chi connectivity index (χ0v) is 12.7. The van der Waals surface area contributed by atoms with E-state index in [1.54, 1.807) is 0 Å². The molecule has 0 saturated heterocycles. The number of aromatic amines is 1. The van der Waals surface area contributed by atoms with E-state index in [0.29, 0.717) is 18.7 Å². The van der Waals surface area contributed by atoms with Crippen molar-refractivity contribution in [2.45, 2.75) is 25.8 Å². The minimum Gasteiger partial charge on any atom is -0.394 e. The maximum absolute atomic E-state index is 12.0. The predicted molar refractivity (Wildman–Crippen MR) is 84.0 cm³/mol. The highest BCUT2D eigenvalue weighted by Gasteiger charge is 2.18. The van der Waals surface area contributed by atoms with Gasteiger partial charge >= 0.3 is 11.8 Å². The van der Waals surface area contributed by atoms with Crippen molar-refractivity contribution in [2.24, 2.45) is 0 Å². The fourth-order valence-electron chi connectivity index (χ4n) is 2.39. The molecule has 2 heterocycles. The molecule has 7 heteroatoms. The molecule has 120 valence electrons. The Bertz CT molecular complexity index is 804. The summed E-state index contributed by atoms with van der Waals surface area (Å²) in [5.41, 5.74) is 2.08. The summed E-state index contributed by atoms with van der Waals surface area (Å²) >= 11 is 0. The van der Waals surface area contributed by atoms with Crippen LogP contribution in [0.1, 0.15) is 35.4 Å². The number of hydrogen-bond donors (Lipinski definition) is 3. The molecule has 1 amide bonds. The van der Waals surface area contributed by atoms with E-state index in [1.165, 1.54) is 0 Å². The van der Waals surface area contributed by atoms with Crippen LogP contribution in [0.2, 0.25) is 0 Å². The Morgan fingerprint density at radius 2 is 2.26 bits per heavy atom. The van der Waals surface area contributed by atoms with Gasteiger partial charge in [0.1, 0.15) is 0 Å². The minimum atomic E-state index is -0.469. The van der Waals surface area contributed by atoms with Crippen molar-refractivity contribution in [1.29, 1.82) is 0 Å². The van der Waals surface area contributed by atoms with Gasteiger partial charge in [-0.3, -0.25) is 4.79 Å². The summed E-state index contributed by atoms with van der Waals surface area (Å²) < 4.78 is 5.01. The quantitative estimate of drug-likeness (QED) is 0.641. The number of aromatic nitrogens is 3. The lowest BCUT2D eigenvalue weighted by Gasteiger charge is -2.11. The number of hydrogen-bond acceptors (Lipinski definition) is 5. The van der Waals surface area contributed by atoms with Crippen LogP contribution < -0.4 is 5.32 Å². The van der Waals surface area contributed by atoms with E-state index in [-0.39, 0.29) is 18.5 Å². The molecule has 0 fully saturated rings. The third-order valence-electron chi connectivity index (χ3n) is 3.73. The molecule has 0 aliphatic heterocycles. The molecule has 3 N–H and O–H groups in total. The number of para-hydroxylation sites is 1. The minimum absolute atomic E-state index is 0.0910. The Morgan fingerprint density at radius 3 is 3.04 bits per heavy atom. The highest BCUT2D eigenvalue weighted by Crippen LogP contribution is 2.19. The second-order valence-electron chi connectivity index (χ2n) is 5.31. The van der Waals surface area contributed by atoms with Gasteiger partial charge in [-0.1, -0.05) is 30.3 Å². The number of carbonyl (C=O) groups is 1. The summed E-state index contributed by atoms with van der Waals surface area (Å²) in [6.07, 6.45) is 3.00. The van der Waals surface area contributed by atoms with Crippen LogP contribution in [0.25, 0.3) is 10.9 Å². The molecular weight excluding hydrogens is 296 g/mol. The monoisotopic (exact) mass is 314 g/mol. The number of rotatable bonds is 6. The molecule has 1 unspecified atom stereocenters. The molecule has 1 aromatic carbocycles. The first-order valence-corrected chi connectivity index (χ1v) is 7.50. The van der Waals surface area contributed by atoms with Crippen molar-refractivity contribution in [3.63, 3.8) is 0 Å². The van der Waals surface area contributed by atoms with Crippen LogP contribution in [0.3, 0.4) is 0 Å². The molecule has 3 rings (SSSR count). The Kier molecular flexibility index (Phi) is 4.38. The van der Waals surface area contributed by atoms with Gasteiger partial charge in [0.25, 0.3) is 0 Å². The number of nitrogens with zero attached hydrogens (tertiary/aromatic N) is 2. The Morgan fingerprint density at radius 1 is 1.43 bits per heavy atom. The van der Waals surface area contributed by atoms with Crippen molar-refractivity contribution in [3.05, 3.63) is 47.7 Å². The molecule has 23 heavy (non-hydrogen) atoms. The summed E-state index contributed by atoms with van der Waals surface area (Å²) in [4.78, 5) is 19.3. The standard InChI is InChI=1S/C16H18N4O3/c1-2-11(9-21)18-15(22)16-19-14(20-23-16)7-10-8-17-13-6-4-3-5-12(10)13/h3-6,8,11,17,21H,2,7,9H2,1H3,(H,18,22). The predicted octanol–water partition coefficient (Wildman–Crippen LogP) is 1.64. The van der Waals surface area contributed by atoms with Gasteiger partial charge in [-0.15, -0.1) is 0 Å². The van der Waals surface area contributed by atoms with Crippen molar-refractivity contribution in [3.8, 4) is 0 Å². The number of aliphatic hydroxyl groups excluding tert-OH is 1. The van der Waals surface area contributed by atoms with Gasteiger partial charge < -0.3 is 19.9 Å². The van der Waals surface area contributed by atoms with E-state index in [1.807, 2.05) is 37.4 Å². The number of fused-ring (bicyclic) bond motifs is 1. The first kappa shape index (κ1) is 15.2. The SMILES string of the molecule is CCC(CO)NC(=O)c1nc(Cc2c[nH]c3ccccc23)no1. The molecule has 1 atom stereocenters. The van der Waals surface area contributed by atoms with E-state index >= 15 is 0 Å². The summed E-state index contributed by atoms with van der Waals surface area (Å²) in [6, 6.07) is 7.63. The van der Waals surface area contributed by atoms with Crippen LogP contribution in [-0.4, -0.2) is 38.8 Å². The largest absolute Gasteiger partial charge is 0.394 e. The average molecular weight is 314 g/mol. The third-order valence-corrected chi connectivity index (χ3v) is 3.73. The lowest BCUT2D eigenvalue weighted by molar-refractivity contribution is 0.0870. The maximum Gasteiger partial charge on any atom is 0.315 e. The highest BCUT2D eigenvalue weighted by atomic mass is 16.5. The van der Waals surface area contributed by atoms with Gasteiger partial charge in [-0.25, -0.2) is 0 Å². The molecule has 0 aliphatic carbocycles. The van der Waals surface area contributed by atoms with Crippen LogP contribution in [0.15, 0.2) is 35.0 Å². The zero-order chi connectivity index (χ0) is 16.2. The number of H-pyrrole nitrogens is 1. The van der Waals surface area contributed by atoms with E-state index in [0.717, 1.165) is 16.5 Å². The first-order chi connectivity index (χ1) is 11.2. The fraction of sp³-hybridized carbons (Fsp3) is 0.312. The van der Waals surface area contributed by atoms with Crippen LogP contribution in [0.4, 0.5) is 0 Å². The Hall–Kier alpha value is -2.67. The lowest BCUT2D eigenvalue weighted by Crippen LogP contribution is -2.37. The lowest BCUT2D eigenvalue weighted by atomic mass is 10.1. The normalized spacial score (nSPS) is 12.4. The van der Waals surface area contributed by atoms with Crippen LogP contribution >= 0.6 is 0 Å². The second kappa shape index (κ2) is 6.62. The molecule has 2 aromatic heterocycles. The number of aliphatic hydroxyl groups is 1. The summed E-state index contributed by atoms with van der Waals surface area (Å²) in [5.74, 6) is -0.118. The van der Waals surface area contributed by atoms with E-state index in [4.69, 9.17) is 9.63 Å². The van der Waals surface area contributed by atoms with Gasteiger partial charge in [0.05, 0.1) is 12.6 Å². The van der Waals surface area contributed by atoms with Crippen LogP contribution in [0.5, 0.6) is 0 Å². The van der Waals surface area contributed by atoms with Crippen LogP contribution in [0, 0.1) is 0 Å². The highest BCUT2D eigenvalue weighted by molar-refractivity contribution is 5.89. The maximum atomic E-state index is 12.0. The van der Waals surface area contributed by atoms with Crippen molar-refractivity contribution >= 4 is 16.8 Å². The Balaban J connectivity index is 1.73. The smallest absolute Gasteiger partial charge is 0.315 e. The molecular formula is C16H18N4O3. The molecule has 0 spiro atoms. The fourth-order valence-corrected chi connectivity index (χ4v) is 2.39. The van der Waals surface area contributed by atoms with Gasteiger partial charge in [-0.2, -0.15) is 4.98 Å². The first-order valence-electron chi connectivity index (χ1n) is 7.50. The summed E-state index contributed by atoms with van der Waals surface area (Å²) in [6.45, 7) is 1.75. The number of amides is 1. The molecule has 7 nitrogen and oxygen atoms in total. The molecule has 0 saturated carbocycles. The Labute approximate surface area is 132 Å². The van der Waals surface area contributed by atoms with E-state index < -0.39 is 5.91 Å². The van der Waals surface area contributed by atoms with Gasteiger partial charge in [0.15, 0.2) is 5.82 Å². The van der Waals surface area contributed by atoms with E-state index in [9.17, 15) is 4.79 Å². The summed E-state index contributed by atoms with van der Waals surface area (Å²) in [7, 11) is 0. The van der Waals surface area contributed by atoms with E-state index in [2.05, 4.69) is 20.4 Å². The van der Waals surface area contributed by atoms with Gasteiger partial charge in [0, 0.05) is 23.5 Å². The van der Waals surface area contributed by atoms with Crippen LogP contribution in [-0.2, 0) is 6.42 Å². The van der Waals surface area contributed by atoms with Crippen molar-refractivity contribution in [1.82, 2.24) is 20.4 Å². The van der Waals surface area contributed by atoms with Crippen molar-refractivity contribution < 1.29 is 14.4 Å². The third kappa shape index (κ3) is 3.24. The molecule has 0 aliphatic rings. The zero-order valence-electron chi connectivity index (χ0n) is 12.7. The van der Waals surface area contributed by atoms with Gasteiger partial charge in [0.2, 0.25) is 0 Å². The van der Waals surface area contributed by atoms with Gasteiger partial charge in [-0.05, 0) is 18.1 Å². The molecule has 3 aromatic rings. The number of carbonyl (C=O) groups excluding carboxylic acids is 1. The number of nitrogens with one attached hydrogen (secondary N) is 2. The average Bonchev–Trinajstić information content (AvgIpc) is 3.20. The molecule has 0 radical (unpaired) electrons. The topological polar surface area (TPSA) is 104 Å². The second-order valence-corrected chi connectivity index (χ2v) is 5.31. The summed E-state index contributed by atoms with van der Waals surface area (Å²) in [5, 5.41) is 16.7. The molecule has 0 bridgehead atoms. The van der Waals surface area contributed by atoms with Crippen molar-refractivity contribution in [2.75, 3.05) is 6.61 Å². The number of benzene rings is 1.